The highest BCUT2D eigenvalue weighted by Gasteiger charge is 2.34. The van der Waals surface area contributed by atoms with Crippen LogP contribution >= 0.6 is 0 Å². The van der Waals surface area contributed by atoms with Crippen LogP contribution in [0, 0.1) is 27.7 Å². The Morgan fingerprint density at radius 2 is 1.50 bits per heavy atom. The molecule has 0 unspecified atom stereocenters. The number of sulfonamides is 1. The van der Waals surface area contributed by atoms with Crippen molar-refractivity contribution in [3.8, 4) is 0 Å². The van der Waals surface area contributed by atoms with E-state index in [1.54, 1.807) is 37.3 Å². The predicted molar refractivity (Wildman–Crippen MR) is 168 cm³/mol. The van der Waals surface area contributed by atoms with Crippen molar-refractivity contribution in [2.45, 2.75) is 90.2 Å². The van der Waals surface area contributed by atoms with Crippen LogP contribution in [0.4, 0.5) is 5.69 Å². The van der Waals surface area contributed by atoms with E-state index in [1.165, 1.54) is 15.6 Å². The van der Waals surface area contributed by atoms with E-state index in [4.69, 9.17) is 0 Å². The van der Waals surface area contributed by atoms with Crippen molar-refractivity contribution in [2.75, 3.05) is 10.8 Å². The second kappa shape index (κ2) is 13.6. The van der Waals surface area contributed by atoms with E-state index in [0.717, 1.165) is 53.5 Å². The minimum Gasteiger partial charge on any atom is -0.352 e. The number of aryl methyl sites for hydroxylation is 4. The first-order chi connectivity index (χ1) is 20.0. The molecule has 0 bridgehead atoms. The van der Waals surface area contributed by atoms with Gasteiger partial charge < -0.3 is 10.2 Å². The molecular formula is C34H43N3O4S. The van der Waals surface area contributed by atoms with Crippen LogP contribution in [0.15, 0.2) is 71.6 Å². The maximum Gasteiger partial charge on any atom is 0.264 e. The average molecular weight is 590 g/mol. The van der Waals surface area contributed by atoms with Crippen LogP contribution in [0.25, 0.3) is 0 Å². The highest BCUT2D eigenvalue weighted by Crippen LogP contribution is 2.29. The standard InChI is InChI=1S/C34H43N3O4S/c1-24-15-18-31(19-16-24)42(40,41)37(32-20-17-25(2)21-27(32)4)23-33(38)36(22-29-12-10-9-11-26(29)3)28(5)34(39)35-30-13-7-6-8-14-30/h9-12,15-21,28,30H,6-8,13-14,22-23H2,1-5H3,(H,35,39)/t28-/m0/s1. The number of carbonyl (C=O) groups is 2. The summed E-state index contributed by atoms with van der Waals surface area (Å²) in [6.07, 6.45) is 5.18. The van der Waals surface area contributed by atoms with Crippen LogP contribution < -0.4 is 9.62 Å². The van der Waals surface area contributed by atoms with E-state index in [-0.39, 0.29) is 23.4 Å². The van der Waals surface area contributed by atoms with Gasteiger partial charge in [0.25, 0.3) is 10.0 Å². The molecule has 3 aromatic carbocycles. The number of carbonyl (C=O) groups excluding carboxylic acids is 2. The molecule has 1 N–H and O–H groups in total. The average Bonchev–Trinajstić information content (AvgIpc) is 2.96. The Balaban J connectivity index is 1.71. The SMILES string of the molecule is Cc1ccc(S(=O)(=O)N(CC(=O)N(Cc2ccccc2C)[C@@H](C)C(=O)NC2CCCCC2)c2ccc(C)cc2C)cc1. The Hall–Kier alpha value is -3.65. The van der Waals surface area contributed by atoms with Crippen molar-refractivity contribution in [2.24, 2.45) is 0 Å². The van der Waals surface area contributed by atoms with Crippen LogP contribution in [0.1, 0.15) is 66.8 Å². The lowest BCUT2D eigenvalue weighted by atomic mass is 9.95. The lowest BCUT2D eigenvalue weighted by Gasteiger charge is -2.34. The summed E-state index contributed by atoms with van der Waals surface area (Å²) >= 11 is 0. The summed E-state index contributed by atoms with van der Waals surface area (Å²) in [6.45, 7) is 9.13. The molecule has 0 aromatic heterocycles. The first-order valence-corrected chi connectivity index (χ1v) is 16.2. The minimum atomic E-state index is -4.10. The molecule has 1 aliphatic carbocycles. The van der Waals surface area contributed by atoms with Gasteiger partial charge in [0.05, 0.1) is 10.6 Å². The number of hydrogen-bond donors (Lipinski definition) is 1. The summed E-state index contributed by atoms with van der Waals surface area (Å²) in [5.74, 6) is -0.663. The second-order valence-corrected chi connectivity index (χ2v) is 13.4. The molecule has 1 atom stereocenters. The van der Waals surface area contributed by atoms with E-state index in [0.29, 0.717) is 5.69 Å². The first kappa shape index (κ1) is 31.3. The fourth-order valence-electron chi connectivity index (χ4n) is 5.56. The number of benzene rings is 3. The summed E-state index contributed by atoms with van der Waals surface area (Å²) < 4.78 is 29.4. The smallest absolute Gasteiger partial charge is 0.264 e. The van der Waals surface area contributed by atoms with Crippen molar-refractivity contribution in [3.05, 3.63) is 94.5 Å². The van der Waals surface area contributed by atoms with E-state index < -0.39 is 28.5 Å². The van der Waals surface area contributed by atoms with Crippen LogP contribution in [-0.4, -0.2) is 43.8 Å². The Morgan fingerprint density at radius 1 is 0.857 bits per heavy atom. The second-order valence-electron chi connectivity index (χ2n) is 11.6. The molecule has 2 amide bonds. The van der Waals surface area contributed by atoms with Gasteiger partial charge in [0, 0.05) is 12.6 Å². The van der Waals surface area contributed by atoms with E-state index in [1.807, 2.05) is 64.1 Å². The molecule has 0 heterocycles. The molecule has 3 aromatic rings. The van der Waals surface area contributed by atoms with Gasteiger partial charge in [-0.25, -0.2) is 8.42 Å². The van der Waals surface area contributed by atoms with Gasteiger partial charge in [0.15, 0.2) is 0 Å². The van der Waals surface area contributed by atoms with Gasteiger partial charge in [0.1, 0.15) is 12.6 Å². The summed E-state index contributed by atoms with van der Waals surface area (Å²) in [6, 6.07) is 19.2. The topological polar surface area (TPSA) is 86.8 Å². The van der Waals surface area contributed by atoms with Gasteiger partial charge in [-0.3, -0.25) is 13.9 Å². The lowest BCUT2D eigenvalue weighted by Crippen LogP contribution is -2.53. The predicted octanol–water partition coefficient (Wildman–Crippen LogP) is 5.98. The molecule has 7 nitrogen and oxygen atoms in total. The fraction of sp³-hybridized carbons (Fsp3) is 0.412. The van der Waals surface area contributed by atoms with Crippen LogP contribution in [0.2, 0.25) is 0 Å². The summed E-state index contributed by atoms with van der Waals surface area (Å²) in [4.78, 5) is 29.3. The highest BCUT2D eigenvalue weighted by atomic mass is 32.2. The van der Waals surface area contributed by atoms with Crippen LogP contribution in [0.5, 0.6) is 0 Å². The first-order valence-electron chi connectivity index (χ1n) is 14.8. The maximum atomic E-state index is 14.2. The molecule has 0 radical (unpaired) electrons. The molecule has 42 heavy (non-hydrogen) atoms. The maximum absolute atomic E-state index is 14.2. The van der Waals surface area contributed by atoms with Gasteiger partial charge >= 0.3 is 0 Å². The summed E-state index contributed by atoms with van der Waals surface area (Å²) in [7, 11) is -4.10. The molecule has 1 fully saturated rings. The molecule has 0 spiro atoms. The molecule has 0 saturated heterocycles. The highest BCUT2D eigenvalue weighted by molar-refractivity contribution is 7.92. The summed E-state index contributed by atoms with van der Waals surface area (Å²) in [5, 5.41) is 3.15. The monoisotopic (exact) mass is 589 g/mol. The van der Waals surface area contributed by atoms with Crippen molar-refractivity contribution >= 4 is 27.5 Å². The minimum absolute atomic E-state index is 0.0951. The Labute approximate surface area is 251 Å². The summed E-state index contributed by atoms with van der Waals surface area (Å²) in [5.41, 5.74) is 5.00. The zero-order valence-electron chi connectivity index (χ0n) is 25.4. The molecular weight excluding hydrogens is 546 g/mol. The van der Waals surface area contributed by atoms with Crippen LogP contribution in [0.3, 0.4) is 0 Å². The number of anilines is 1. The lowest BCUT2D eigenvalue weighted by molar-refractivity contribution is -0.139. The Kier molecular flexibility index (Phi) is 10.1. The van der Waals surface area contributed by atoms with Gasteiger partial charge in [-0.15, -0.1) is 0 Å². The van der Waals surface area contributed by atoms with Gasteiger partial charge in [-0.05, 0) is 82.3 Å². The van der Waals surface area contributed by atoms with E-state index in [2.05, 4.69) is 5.32 Å². The largest absolute Gasteiger partial charge is 0.352 e. The van der Waals surface area contributed by atoms with Crippen molar-refractivity contribution < 1.29 is 18.0 Å². The molecule has 1 saturated carbocycles. The number of hydrogen-bond acceptors (Lipinski definition) is 4. The Morgan fingerprint density at radius 3 is 2.14 bits per heavy atom. The van der Waals surface area contributed by atoms with Gasteiger partial charge in [0.2, 0.25) is 11.8 Å². The molecule has 224 valence electrons. The third kappa shape index (κ3) is 7.40. The van der Waals surface area contributed by atoms with E-state index >= 15 is 0 Å². The molecule has 1 aliphatic rings. The number of nitrogens with one attached hydrogen (secondary N) is 1. The quantitative estimate of drug-likeness (QED) is 0.315. The Bertz CT molecular complexity index is 1510. The third-order valence-corrected chi connectivity index (χ3v) is 10.0. The number of amides is 2. The number of nitrogens with zero attached hydrogens (tertiary/aromatic N) is 2. The molecule has 8 heteroatoms. The third-order valence-electron chi connectivity index (χ3n) is 8.23. The fourth-order valence-corrected chi connectivity index (χ4v) is 7.04. The van der Waals surface area contributed by atoms with Gasteiger partial charge in [-0.2, -0.15) is 0 Å². The van der Waals surface area contributed by atoms with Crippen LogP contribution in [-0.2, 0) is 26.2 Å². The molecule has 4 rings (SSSR count). The van der Waals surface area contributed by atoms with Crippen molar-refractivity contribution in [3.63, 3.8) is 0 Å². The number of rotatable bonds is 10. The normalized spacial score (nSPS) is 14.7. The molecule has 0 aliphatic heterocycles. The van der Waals surface area contributed by atoms with E-state index in [9.17, 15) is 18.0 Å². The van der Waals surface area contributed by atoms with Crippen molar-refractivity contribution in [1.82, 2.24) is 10.2 Å². The zero-order chi connectivity index (χ0) is 30.4. The van der Waals surface area contributed by atoms with Crippen molar-refractivity contribution in [1.29, 1.82) is 0 Å². The zero-order valence-corrected chi connectivity index (χ0v) is 26.2. The van der Waals surface area contributed by atoms with Gasteiger partial charge in [-0.1, -0.05) is 78.9 Å².